The fraction of sp³-hybridized carbons (Fsp3) is 0.846. The molecule has 0 radical (unpaired) electrons. The highest BCUT2D eigenvalue weighted by atomic mass is 15.1. The van der Waals surface area contributed by atoms with Gasteiger partial charge in [-0.05, 0) is 44.1 Å². The van der Waals surface area contributed by atoms with Gasteiger partial charge >= 0.3 is 0 Å². The van der Waals surface area contributed by atoms with E-state index in [1.54, 1.807) is 0 Å². The second-order valence-corrected chi connectivity index (χ2v) is 5.36. The van der Waals surface area contributed by atoms with E-state index in [4.69, 9.17) is 5.73 Å². The maximum absolute atomic E-state index is 5.42. The van der Waals surface area contributed by atoms with Crippen molar-refractivity contribution >= 4 is 0 Å². The molecule has 0 saturated heterocycles. The minimum absolute atomic E-state index is 0.669. The monoisotopic (exact) mass is 208 g/mol. The number of nitrogens with two attached hydrogens (primary N) is 1. The Bertz CT molecular complexity index is 225. The Kier molecular flexibility index (Phi) is 3.81. The minimum atomic E-state index is 0.669. The van der Waals surface area contributed by atoms with Gasteiger partial charge < -0.3 is 10.6 Å². The largest absolute Gasteiger partial charge is 0.327 e. The molecule has 3 atom stereocenters. The van der Waals surface area contributed by atoms with Crippen molar-refractivity contribution in [1.29, 1.82) is 0 Å². The van der Waals surface area contributed by atoms with Gasteiger partial charge in [0.05, 0.1) is 0 Å². The molecule has 0 aliphatic heterocycles. The molecule has 2 fully saturated rings. The fourth-order valence-corrected chi connectivity index (χ4v) is 3.43. The summed E-state index contributed by atoms with van der Waals surface area (Å²) in [5.41, 5.74) is 5.42. The van der Waals surface area contributed by atoms with E-state index in [2.05, 4.69) is 24.1 Å². The molecule has 0 heterocycles. The third kappa shape index (κ3) is 2.82. The standard InChI is InChI=1S/C13H24N2/c1-15(7-3-2-6-14)10-13-9-11-4-5-12(13)8-11/h2-3,11-13H,4-10,14H2,1H3. The Morgan fingerprint density at radius 2 is 2.13 bits per heavy atom. The third-order valence-corrected chi connectivity index (χ3v) is 4.15. The molecular formula is C13H24N2. The van der Waals surface area contributed by atoms with E-state index < -0.39 is 0 Å². The van der Waals surface area contributed by atoms with Crippen LogP contribution in [-0.2, 0) is 0 Å². The summed E-state index contributed by atoms with van der Waals surface area (Å²) < 4.78 is 0. The first-order chi connectivity index (χ1) is 7.29. The molecule has 15 heavy (non-hydrogen) atoms. The Balaban J connectivity index is 1.70. The molecule has 0 spiro atoms. The van der Waals surface area contributed by atoms with Gasteiger partial charge in [-0.15, -0.1) is 0 Å². The van der Waals surface area contributed by atoms with Gasteiger partial charge in [0.1, 0.15) is 0 Å². The van der Waals surface area contributed by atoms with E-state index in [0.717, 1.165) is 24.3 Å². The topological polar surface area (TPSA) is 29.3 Å². The highest BCUT2D eigenvalue weighted by molar-refractivity contribution is 4.92. The second-order valence-electron chi connectivity index (χ2n) is 5.36. The Morgan fingerprint density at radius 1 is 1.27 bits per heavy atom. The average molecular weight is 208 g/mol. The van der Waals surface area contributed by atoms with Crippen LogP contribution in [0, 0.1) is 17.8 Å². The number of likely N-dealkylation sites (N-methyl/N-ethyl adjacent to an activating group) is 1. The summed E-state index contributed by atoms with van der Waals surface area (Å²) in [5, 5.41) is 0. The molecule has 2 bridgehead atoms. The van der Waals surface area contributed by atoms with Gasteiger partial charge in [0, 0.05) is 19.6 Å². The Morgan fingerprint density at radius 3 is 2.73 bits per heavy atom. The van der Waals surface area contributed by atoms with E-state index in [1.807, 2.05) is 0 Å². The van der Waals surface area contributed by atoms with Crippen molar-refractivity contribution in [2.45, 2.75) is 25.7 Å². The lowest BCUT2D eigenvalue weighted by Gasteiger charge is -2.26. The molecule has 0 aromatic carbocycles. The highest BCUT2D eigenvalue weighted by Crippen LogP contribution is 2.48. The van der Waals surface area contributed by atoms with Crippen molar-refractivity contribution in [2.75, 3.05) is 26.7 Å². The van der Waals surface area contributed by atoms with Crippen molar-refractivity contribution in [1.82, 2.24) is 4.90 Å². The van der Waals surface area contributed by atoms with Crippen molar-refractivity contribution in [2.24, 2.45) is 23.5 Å². The van der Waals surface area contributed by atoms with Gasteiger partial charge in [-0.25, -0.2) is 0 Å². The molecule has 0 amide bonds. The lowest BCUT2D eigenvalue weighted by molar-refractivity contribution is 0.233. The first kappa shape index (κ1) is 11.2. The van der Waals surface area contributed by atoms with Crippen LogP contribution < -0.4 is 5.73 Å². The molecule has 0 aromatic rings. The van der Waals surface area contributed by atoms with E-state index >= 15 is 0 Å². The number of hydrogen-bond donors (Lipinski definition) is 1. The fourth-order valence-electron chi connectivity index (χ4n) is 3.43. The second kappa shape index (κ2) is 5.13. The van der Waals surface area contributed by atoms with Crippen LogP contribution in [0.5, 0.6) is 0 Å². The smallest absolute Gasteiger partial charge is 0.0160 e. The van der Waals surface area contributed by atoms with Crippen LogP contribution in [-0.4, -0.2) is 31.6 Å². The van der Waals surface area contributed by atoms with Crippen LogP contribution in [0.15, 0.2) is 12.2 Å². The van der Waals surface area contributed by atoms with E-state index in [9.17, 15) is 0 Å². The third-order valence-electron chi connectivity index (χ3n) is 4.15. The summed E-state index contributed by atoms with van der Waals surface area (Å²) in [7, 11) is 2.23. The molecule has 86 valence electrons. The SMILES string of the molecule is CN(CC=CCN)CC1CC2CCC1C2. The molecule has 2 saturated carbocycles. The Hall–Kier alpha value is -0.340. The zero-order valence-corrected chi connectivity index (χ0v) is 9.86. The predicted molar refractivity (Wildman–Crippen MR) is 64.6 cm³/mol. The molecular weight excluding hydrogens is 184 g/mol. The highest BCUT2D eigenvalue weighted by Gasteiger charge is 2.39. The molecule has 2 aliphatic carbocycles. The number of nitrogens with zero attached hydrogens (tertiary/aromatic N) is 1. The van der Waals surface area contributed by atoms with Crippen LogP contribution in [0.25, 0.3) is 0 Å². The number of fused-ring (bicyclic) bond motifs is 2. The van der Waals surface area contributed by atoms with Crippen LogP contribution in [0.3, 0.4) is 0 Å². The van der Waals surface area contributed by atoms with Crippen LogP contribution in [0.1, 0.15) is 25.7 Å². The van der Waals surface area contributed by atoms with Crippen molar-refractivity contribution in [3.63, 3.8) is 0 Å². The Labute approximate surface area is 93.5 Å². The number of rotatable bonds is 5. The van der Waals surface area contributed by atoms with Crippen LogP contribution in [0.2, 0.25) is 0 Å². The summed E-state index contributed by atoms with van der Waals surface area (Å²) >= 11 is 0. The van der Waals surface area contributed by atoms with Crippen molar-refractivity contribution in [3.05, 3.63) is 12.2 Å². The summed E-state index contributed by atoms with van der Waals surface area (Å²) in [6.45, 7) is 3.02. The lowest BCUT2D eigenvalue weighted by atomic mass is 9.88. The zero-order valence-electron chi connectivity index (χ0n) is 9.86. The van der Waals surface area contributed by atoms with Crippen molar-refractivity contribution < 1.29 is 0 Å². The van der Waals surface area contributed by atoms with E-state index in [1.165, 1.54) is 32.2 Å². The summed E-state index contributed by atoms with van der Waals surface area (Å²) in [4.78, 5) is 2.44. The first-order valence-corrected chi connectivity index (χ1v) is 6.33. The summed E-state index contributed by atoms with van der Waals surface area (Å²) in [6.07, 6.45) is 10.3. The van der Waals surface area contributed by atoms with Crippen LogP contribution in [0.4, 0.5) is 0 Å². The predicted octanol–water partition coefficient (Wildman–Crippen LogP) is 1.87. The number of hydrogen-bond acceptors (Lipinski definition) is 2. The van der Waals surface area contributed by atoms with E-state index in [-0.39, 0.29) is 0 Å². The van der Waals surface area contributed by atoms with Crippen LogP contribution >= 0.6 is 0 Å². The van der Waals surface area contributed by atoms with Crippen molar-refractivity contribution in [3.8, 4) is 0 Å². The minimum Gasteiger partial charge on any atom is -0.327 e. The first-order valence-electron chi connectivity index (χ1n) is 6.33. The molecule has 3 unspecified atom stereocenters. The lowest BCUT2D eigenvalue weighted by Crippen LogP contribution is -2.28. The maximum Gasteiger partial charge on any atom is 0.0160 e. The molecule has 0 aromatic heterocycles. The van der Waals surface area contributed by atoms with Gasteiger partial charge in [0.15, 0.2) is 0 Å². The molecule has 2 nitrogen and oxygen atoms in total. The van der Waals surface area contributed by atoms with Gasteiger partial charge in [0.2, 0.25) is 0 Å². The quantitative estimate of drug-likeness (QED) is 0.699. The summed E-state index contributed by atoms with van der Waals surface area (Å²) in [5.74, 6) is 3.11. The molecule has 2 N–H and O–H groups in total. The maximum atomic E-state index is 5.42. The normalized spacial score (nSPS) is 34.7. The zero-order chi connectivity index (χ0) is 10.7. The van der Waals surface area contributed by atoms with Gasteiger partial charge in [0.25, 0.3) is 0 Å². The average Bonchev–Trinajstić information content (AvgIpc) is 2.79. The van der Waals surface area contributed by atoms with E-state index in [0.29, 0.717) is 6.54 Å². The van der Waals surface area contributed by atoms with Gasteiger partial charge in [-0.2, -0.15) is 0 Å². The van der Waals surface area contributed by atoms with Gasteiger partial charge in [-0.1, -0.05) is 18.6 Å². The van der Waals surface area contributed by atoms with Gasteiger partial charge in [-0.3, -0.25) is 0 Å². The summed E-state index contributed by atoms with van der Waals surface area (Å²) in [6, 6.07) is 0. The molecule has 2 aliphatic rings. The molecule has 2 heteroatoms. The molecule has 2 rings (SSSR count).